The number of aromatic nitrogens is 6. The normalized spacial score (nSPS) is 11.6. The lowest BCUT2D eigenvalue weighted by Crippen LogP contribution is -2.38. The third-order valence-electron chi connectivity index (χ3n) is 6.32. The SMILES string of the molecule is C=C(C)OC(=O)Nc1nc(-c2c3c(=O)n(C)c(=O)n(CC(C)C)c3nn2Cc2c[nH]c3ccc(Cl)cc23)c(C)s1. The minimum atomic E-state index is -0.719. The van der Waals surface area contributed by atoms with Crippen LogP contribution in [0.4, 0.5) is 9.93 Å². The van der Waals surface area contributed by atoms with Crippen LogP contribution in [0.2, 0.25) is 5.02 Å². The van der Waals surface area contributed by atoms with Gasteiger partial charge in [-0.15, -0.1) is 11.3 Å². The number of halogens is 1. The van der Waals surface area contributed by atoms with E-state index in [1.54, 1.807) is 17.7 Å². The molecule has 208 valence electrons. The summed E-state index contributed by atoms with van der Waals surface area (Å²) in [7, 11) is 1.46. The Morgan fingerprint density at radius 2 is 2.05 bits per heavy atom. The number of H-pyrrole nitrogens is 1. The van der Waals surface area contributed by atoms with Crippen molar-refractivity contribution in [3.8, 4) is 11.4 Å². The zero-order chi connectivity index (χ0) is 28.9. The number of carbonyl (C=O) groups is 1. The lowest BCUT2D eigenvalue weighted by Gasteiger charge is -2.10. The molecule has 5 rings (SSSR count). The van der Waals surface area contributed by atoms with Crippen LogP contribution in [0, 0.1) is 12.8 Å². The molecule has 0 aliphatic carbocycles. The van der Waals surface area contributed by atoms with Gasteiger partial charge in [0.2, 0.25) is 0 Å². The minimum absolute atomic E-state index is 0.124. The van der Waals surface area contributed by atoms with Crippen LogP contribution in [-0.4, -0.2) is 35.0 Å². The third-order valence-corrected chi connectivity index (χ3v) is 7.44. The molecular weight excluding hydrogens is 554 g/mol. The molecule has 1 amide bonds. The lowest BCUT2D eigenvalue weighted by atomic mass is 10.1. The van der Waals surface area contributed by atoms with E-state index in [1.807, 2.05) is 39.1 Å². The zero-order valence-corrected chi connectivity index (χ0v) is 24.2. The highest BCUT2D eigenvalue weighted by molar-refractivity contribution is 7.16. The average molecular weight is 582 g/mol. The van der Waals surface area contributed by atoms with Gasteiger partial charge in [0.15, 0.2) is 10.8 Å². The molecule has 0 atom stereocenters. The molecule has 1 aromatic carbocycles. The van der Waals surface area contributed by atoms with Crippen LogP contribution in [0.25, 0.3) is 33.3 Å². The van der Waals surface area contributed by atoms with E-state index in [1.165, 1.54) is 23.0 Å². The van der Waals surface area contributed by atoms with Crippen molar-refractivity contribution in [2.45, 2.75) is 40.8 Å². The van der Waals surface area contributed by atoms with Crippen LogP contribution >= 0.6 is 22.9 Å². The van der Waals surface area contributed by atoms with Crippen molar-refractivity contribution in [3.63, 3.8) is 0 Å². The quantitative estimate of drug-likeness (QED) is 0.253. The molecule has 0 unspecified atom stereocenters. The number of ether oxygens (including phenoxy) is 1. The Balaban J connectivity index is 1.76. The number of amides is 1. The van der Waals surface area contributed by atoms with E-state index >= 15 is 0 Å². The molecule has 2 N–H and O–H groups in total. The van der Waals surface area contributed by atoms with E-state index in [0.717, 1.165) is 25.9 Å². The first kappa shape index (κ1) is 27.4. The van der Waals surface area contributed by atoms with Crippen molar-refractivity contribution in [1.82, 2.24) is 28.9 Å². The first-order valence-electron chi connectivity index (χ1n) is 12.5. The topological polar surface area (TPSA) is 129 Å². The summed E-state index contributed by atoms with van der Waals surface area (Å²) in [5, 5.41) is 9.48. The molecule has 0 fully saturated rings. The molecule has 0 saturated heterocycles. The van der Waals surface area contributed by atoms with Crippen molar-refractivity contribution in [3.05, 3.63) is 73.0 Å². The smallest absolute Gasteiger partial charge is 0.416 e. The van der Waals surface area contributed by atoms with Gasteiger partial charge < -0.3 is 9.72 Å². The Hall–Kier alpha value is -4.16. The van der Waals surface area contributed by atoms with Crippen LogP contribution in [-0.2, 0) is 24.9 Å². The fourth-order valence-corrected chi connectivity index (χ4v) is 5.60. The van der Waals surface area contributed by atoms with Gasteiger partial charge in [-0.3, -0.25) is 23.9 Å². The van der Waals surface area contributed by atoms with Crippen molar-refractivity contribution in [2.75, 3.05) is 5.32 Å². The van der Waals surface area contributed by atoms with Crippen LogP contribution in [0.15, 0.2) is 46.3 Å². The molecule has 0 spiro atoms. The second kappa shape index (κ2) is 10.4. The number of aryl methyl sites for hydroxylation is 1. The van der Waals surface area contributed by atoms with Crippen LogP contribution in [0.1, 0.15) is 31.2 Å². The Kier molecular flexibility index (Phi) is 7.15. The van der Waals surface area contributed by atoms with Crippen LogP contribution in [0.3, 0.4) is 0 Å². The Morgan fingerprint density at radius 3 is 2.75 bits per heavy atom. The number of nitrogens with one attached hydrogen (secondary N) is 2. The minimum Gasteiger partial charge on any atom is -0.416 e. The fourth-order valence-electron chi connectivity index (χ4n) is 4.63. The van der Waals surface area contributed by atoms with Gasteiger partial charge in [0.1, 0.15) is 16.8 Å². The van der Waals surface area contributed by atoms with Gasteiger partial charge in [-0.25, -0.2) is 14.6 Å². The maximum Gasteiger partial charge on any atom is 0.418 e. The summed E-state index contributed by atoms with van der Waals surface area (Å²) < 4.78 is 9.31. The molecule has 13 heteroatoms. The maximum atomic E-state index is 13.6. The zero-order valence-electron chi connectivity index (χ0n) is 22.7. The van der Waals surface area contributed by atoms with E-state index in [9.17, 15) is 14.4 Å². The summed E-state index contributed by atoms with van der Waals surface area (Å²) >= 11 is 7.52. The highest BCUT2D eigenvalue weighted by atomic mass is 35.5. The molecule has 0 bridgehead atoms. The lowest BCUT2D eigenvalue weighted by molar-refractivity contribution is 0.192. The molecule has 0 radical (unpaired) electrons. The number of benzene rings is 1. The average Bonchev–Trinajstić information content (AvgIpc) is 3.55. The molecular formula is C27H28ClN7O4S. The number of nitrogens with zero attached hydrogens (tertiary/aromatic N) is 5. The monoisotopic (exact) mass is 581 g/mol. The van der Waals surface area contributed by atoms with Gasteiger partial charge in [0.25, 0.3) is 5.56 Å². The number of fused-ring (bicyclic) bond motifs is 2. The summed E-state index contributed by atoms with van der Waals surface area (Å²) in [5.74, 6) is 0.361. The third kappa shape index (κ3) is 4.95. The molecule has 40 heavy (non-hydrogen) atoms. The Labute approximate surface area is 237 Å². The number of allylic oxidation sites excluding steroid dienone is 1. The largest absolute Gasteiger partial charge is 0.418 e. The molecule has 5 aromatic rings. The molecule has 0 aliphatic heterocycles. The molecule has 0 aliphatic rings. The standard InChI is InChI=1S/C27H28ClN7O4S/c1-13(2)11-34-23-20(24(36)33(6)27(34)38)22(21-15(5)40-25(30-21)31-26(37)39-14(3)4)35(32-23)12-16-10-29-19-8-7-17(28)9-18(16)19/h7-10,13,29H,3,11-12H2,1-2,4-6H3,(H,30,31,37). The second-order valence-electron chi connectivity index (χ2n) is 10.0. The van der Waals surface area contributed by atoms with Crippen molar-refractivity contribution in [1.29, 1.82) is 0 Å². The predicted octanol–water partition coefficient (Wildman–Crippen LogP) is 5.25. The first-order chi connectivity index (χ1) is 18.9. The predicted molar refractivity (Wildman–Crippen MR) is 157 cm³/mol. The van der Waals surface area contributed by atoms with Crippen LogP contribution < -0.4 is 16.6 Å². The number of hydrogen-bond donors (Lipinski definition) is 2. The summed E-state index contributed by atoms with van der Waals surface area (Å²) in [5.41, 5.74) is 2.05. The van der Waals surface area contributed by atoms with E-state index in [4.69, 9.17) is 21.4 Å². The number of aromatic amines is 1. The molecule has 0 saturated carbocycles. The summed E-state index contributed by atoms with van der Waals surface area (Å²) in [6, 6.07) is 5.56. The highest BCUT2D eigenvalue weighted by Crippen LogP contribution is 2.35. The van der Waals surface area contributed by atoms with E-state index in [-0.39, 0.29) is 34.4 Å². The first-order valence-corrected chi connectivity index (χ1v) is 13.7. The van der Waals surface area contributed by atoms with E-state index < -0.39 is 17.3 Å². The van der Waals surface area contributed by atoms with Gasteiger partial charge in [0, 0.05) is 40.6 Å². The number of rotatable bonds is 7. The van der Waals surface area contributed by atoms with Gasteiger partial charge >= 0.3 is 11.8 Å². The molecule has 11 nitrogen and oxygen atoms in total. The van der Waals surface area contributed by atoms with Crippen molar-refractivity contribution < 1.29 is 9.53 Å². The van der Waals surface area contributed by atoms with Crippen molar-refractivity contribution in [2.24, 2.45) is 13.0 Å². The van der Waals surface area contributed by atoms with Gasteiger partial charge in [-0.2, -0.15) is 5.10 Å². The number of carbonyl (C=O) groups excluding carboxylic acids is 1. The highest BCUT2D eigenvalue weighted by Gasteiger charge is 2.26. The summed E-state index contributed by atoms with van der Waals surface area (Å²) in [6.07, 6.45) is 1.15. The van der Waals surface area contributed by atoms with E-state index in [0.29, 0.717) is 23.0 Å². The second-order valence-corrected chi connectivity index (χ2v) is 11.6. The van der Waals surface area contributed by atoms with Crippen molar-refractivity contribution >= 4 is 56.1 Å². The van der Waals surface area contributed by atoms with Crippen LogP contribution in [0.5, 0.6) is 0 Å². The summed E-state index contributed by atoms with van der Waals surface area (Å²) in [4.78, 5) is 47.6. The fraction of sp³-hybridized carbons (Fsp3) is 0.296. The number of thiazole rings is 1. The Morgan fingerprint density at radius 1 is 1.30 bits per heavy atom. The number of anilines is 1. The number of hydrogen-bond acceptors (Lipinski definition) is 7. The molecule has 4 heterocycles. The summed E-state index contributed by atoms with van der Waals surface area (Å²) in [6.45, 7) is 11.6. The Bertz CT molecular complexity index is 1920. The van der Waals surface area contributed by atoms with Gasteiger partial charge in [0.05, 0.1) is 12.3 Å². The maximum absolute atomic E-state index is 13.6. The van der Waals surface area contributed by atoms with E-state index in [2.05, 4.69) is 21.9 Å². The van der Waals surface area contributed by atoms with Gasteiger partial charge in [-0.1, -0.05) is 32.0 Å². The van der Waals surface area contributed by atoms with Gasteiger partial charge in [-0.05, 0) is 43.5 Å². The molecule has 4 aromatic heterocycles.